The Bertz CT molecular complexity index is 850. The summed E-state index contributed by atoms with van der Waals surface area (Å²) in [7, 11) is 1.62. The van der Waals surface area contributed by atoms with Crippen molar-refractivity contribution in [1.29, 1.82) is 0 Å². The van der Waals surface area contributed by atoms with Crippen LogP contribution in [0, 0.1) is 0 Å². The van der Waals surface area contributed by atoms with E-state index in [1.165, 1.54) is 34.9 Å². The van der Waals surface area contributed by atoms with Gasteiger partial charge in [0.1, 0.15) is 5.75 Å². The molecule has 0 spiro atoms. The molecule has 0 fully saturated rings. The van der Waals surface area contributed by atoms with Crippen LogP contribution in [0.15, 0.2) is 37.5 Å². The summed E-state index contributed by atoms with van der Waals surface area (Å²) in [5.41, 5.74) is 5.95. The van der Waals surface area contributed by atoms with E-state index in [4.69, 9.17) is 15.0 Å². The zero-order chi connectivity index (χ0) is 17.6. The zero-order valence-electron chi connectivity index (χ0n) is 13.0. The lowest BCUT2D eigenvalue weighted by molar-refractivity contribution is -0.115. The van der Waals surface area contributed by atoms with Crippen LogP contribution < -0.4 is 10.5 Å². The lowest BCUT2D eigenvalue weighted by Crippen LogP contribution is -2.12. The van der Waals surface area contributed by atoms with Crippen LogP contribution >= 0.6 is 34.9 Å². The quantitative estimate of drug-likeness (QED) is 0.574. The van der Waals surface area contributed by atoms with Gasteiger partial charge in [-0.1, -0.05) is 40.0 Å². The molecule has 2 aromatic heterocycles. The Morgan fingerprint density at radius 2 is 1.96 bits per heavy atom. The maximum absolute atomic E-state index is 10.8. The molecule has 8 nitrogen and oxygen atoms in total. The van der Waals surface area contributed by atoms with E-state index in [1.54, 1.807) is 7.11 Å². The van der Waals surface area contributed by atoms with Crippen LogP contribution in [-0.2, 0) is 10.5 Å². The van der Waals surface area contributed by atoms with E-state index < -0.39 is 0 Å². The van der Waals surface area contributed by atoms with Crippen molar-refractivity contribution >= 4 is 40.8 Å². The summed E-state index contributed by atoms with van der Waals surface area (Å²) in [6.07, 6.45) is 0. The molecule has 0 aliphatic rings. The number of aromatic nitrogens is 4. The minimum absolute atomic E-state index is 0.189. The van der Waals surface area contributed by atoms with E-state index in [0.717, 1.165) is 15.7 Å². The van der Waals surface area contributed by atoms with Crippen molar-refractivity contribution in [2.24, 2.45) is 5.73 Å². The highest BCUT2D eigenvalue weighted by Gasteiger charge is 2.12. The van der Waals surface area contributed by atoms with Crippen molar-refractivity contribution in [1.82, 2.24) is 20.3 Å². The summed E-state index contributed by atoms with van der Waals surface area (Å²) >= 11 is 4.11. The fourth-order valence-corrected chi connectivity index (χ4v) is 4.34. The van der Waals surface area contributed by atoms with Gasteiger partial charge in [0.05, 0.1) is 18.6 Å². The summed E-state index contributed by atoms with van der Waals surface area (Å²) < 4.78 is 11.8. The van der Waals surface area contributed by atoms with Crippen LogP contribution in [0.2, 0.25) is 0 Å². The monoisotopic (exact) mass is 395 g/mol. The van der Waals surface area contributed by atoms with E-state index in [-0.39, 0.29) is 11.7 Å². The number of thioether (sulfide) groups is 2. The molecule has 0 saturated carbocycles. The molecule has 0 saturated heterocycles. The molecule has 130 valence electrons. The summed E-state index contributed by atoms with van der Waals surface area (Å²) in [5.74, 6) is 2.08. The summed E-state index contributed by atoms with van der Waals surface area (Å²) in [5, 5.41) is 12.0. The van der Waals surface area contributed by atoms with E-state index in [9.17, 15) is 4.79 Å². The molecule has 2 N–H and O–H groups in total. The minimum atomic E-state index is -0.383. The molecular weight excluding hydrogens is 382 g/mol. The van der Waals surface area contributed by atoms with Gasteiger partial charge in [0.25, 0.3) is 0 Å². The van der Waals surface area contributed by atoms with Gasteiger partial charge in [-0.15, -0.1) is 10.2 Å². The fraction of sp³-hybridized carbons (Fsp3) is 0.214. The third kappa shape index (κ3) is 4.94. The third-order valence-electron chi connectivity index (χ3n) is 2.86. The molecule has 11 heteroatoms. The van der Waals surface area contributed by atoms with Crippen molar-refractivity contribution < 1.29 is 14.1 Å². The lowest BCUT2D eigenvalue weighted by atomic mass is 10.2. The van der Waals surface area contributed by atoms with E-state index >= 15 is 0 Å². The molecule has 0 radical (unpaired) electrons. The summed E-state index contributed by atoms with van der Waals surface area (Å²) in [6, 6.07) is 7.42. The first-order valence-corrected chi connectivity index (χ1v) is 9.77. The number of nitrogens with zero attached hydrogens (tertiary/aromatic N) is 4. The van der Waals surface area contributed by atoms with Crippen LogP contribution in [0.3, 0.4) is 0 Å². The Labute approximate surface area is 155 Å². The second kappa shape index (κ2) is 8.32. The number of hydrogen-bond acceptors (Lipinski definition) is 10. The standard InChI is InChI=1S/C14H13N5O3S3/c1-21-9-4-2-8(3-5-9)12-16-11(22-19-12)7-24-14-18-17-13(25-14)23-6-10(15)20/h2-5H,6-7H2,1H3,(H2,15,20). The highest BCUT2D eigenvalue weighted by atomic mass is 32.2. The van der Waals surface area contributed by atoms with Crippen molar-refractivity contribution in [2.45, 2.75) is 14.4 Å². The first-order valence-electron chi connectivity index (χ1n) is 6.98. The zero-order valence-corrected chi connectivity index (χ0v) is 15.5. The van der Waals surface area contributed by atoms with E-state index in [0.29, 0.717) is 21.8 Å². The molecule has 3 rings (SSSR count). The van der Waals surface area contributed by atoms with Gasteiger partial charge in [0, 0.05) is 5.56 Å². The Morgan fingerprint density at radius 1 is 1.24 bits per heavy atom. The van der Waals surface area contributed by atoms with Gasteiger partial charge in [-0.3, -0.25) is 4.79 Å². The van der Waals surface area contributed by atoms with Crippen molar-refractivity contribution in [3.63, 3.8) is 0 Å². The number of benzene rings is 1. The number of methoxy groups -OCH3 is 1. The second-order valence-corrected chi connectivity index (χ2v) is 8.04. The van der Waals surface area contributed by atoms with Crippen molar-refractivity contribution in [3.05, 3.63) is 30.2 Å². The Hall–Kier alpha value is -2.11. The molecule has 0 aliphatic heterocycles. The SMILES string of the molecule is COc1ccc(-c2noc(CSc3nnc(SCC(N)=O)s3)n2)cc1. The predicted molar refractivity (Wildman–Crippen MR) is 95.7 cm³/mol. The number of amides is 1. The van der Waals surface area contributed by atoms with Crippen LogP contribution in [-0.4, -0.2) is 39.1 Å². The van der Waals surface area contributed by atoms with Crippen LogP contribution in [0.5, 0.6) is 5.75 Å². The van der Waals surface area contributed by atoms with Gasteiger partial charge in [0.2, 0.25) is 17.6 Å². The number of nitrogens with two attached hydrogens (primary N) is 1. The highest BCUT2D eigenvalue weighted by molar-refractivity contribution is 8.03. The molecule has 3 aromatic rings. The fourth-order valence-electron chi connectivity index (χ4n) is 1.74. The van der Waals surface area contributed by atoms with E-state index in [1.807, 2.05) is 24.3 Å². The number of carbonyl (C=O) groups excluding carboxylic acids is 1. The smallest absolute Gasteiger partial charge is 0.237 e. The van der Waals surface area contributed by atoms with Crippen LogP contribution in [0.25, 0.3) is 11.4 Å². The first kappa shape index (κ1) is 17.7. The average Bonchev–Trinajstić information content (AvgIpc) is 3.27. The predicted octanol–water partition coefficient (Wildman–Crippen LogP) is 2.47. The molecule has 0 aliphatic carbocycles. The number of hydrogen-bond donors (Lipinski definition) is 1. The molecule has 1 amide bonds. The third-order valence-corrected chi connectivity index (χ3v) is 6.06. The first-order chi connectivity index (χ1) is 12.1. The molecule has 25 heavy (non-hydrogen) atoms. The summed E-state index contributed by atoms with van der Waals surface area (Å²) in [6.45, 7) is 0. The number of primary amides is 1. The Kier molecular flexibility index (Phi) is 5.89. The normalized spacial score (nSPS) is 10.8. The van der Waals surface area contributed by atoms with Gasteiger partial charge in [-0.05, 0) is 24.3 Å². The van der Waals surface area contributed by atoms with Crippen molar-refractivity contribution in [2.75, 3.05) is 12.9 Å². The number of ether oxygens (including phenoxy) is 1. The Balaban J connectivity index is 1.57. The molecule has 0 bridgehead atoms. The minimum Gasteiger partial charge on any atom is -0.497 e. The number of carbonyl (C=O) groups is 1. The van der Waals surface area contributed by atoms with Gasteiger partial charge >= 0.3 is 0 Å². The maximum atomic E-state index is 10.8. The molecule has 2 heterocycles. The topological polar surface area (TPSA) is 117 Å². The average molecular weight is 395 g/mol. The second-order valence-electron chi connectivity index (χ2n) is 4.62. The highest BCUT2D eigenvalue weighted by Crippen LogP contribution is 2.30. The number of rotatable bonds is 8. The molecule has 1 aromatic carbocycles. The van der Waals surface area contributed by atoms with Gasteiger partial charge < -0.3 is 15.0 Å². The molecule has 0 unspecified atom stereocenters. The van der Waals surface area contributed by atoms with Gasteiger partial charge in [0.15, 0.2) is 8.68 Å². The molecular formula is C14H13N5O3S3. The summed E-state index contributed by atoms with van der Waals surface area (Å²) in [4.78, 5) is 15.1. The van der Waals surface area contributed by atoms with Gasteiger partial charge in [-0.25, -0.2) is 0 Å². The van der Waals surface area contributed by atoms with Crippen LogP contribution in [0.4, 0.5) is 0 Å². The molecule has 0 atom stereocenters. The van der Waals surface area contributed by atoms with E-state index in [2.05, 4.69) is 20.3 Å². The van der Waals surface area contributed by atoms with Gasteiger partial charge in [-0.2, -0.15) is 4.98 Å². The van der Waals surface area contributed by atoms with Crippen molar-refractivity contribution in [3.8, 4) is 17.1 Å². The Morgan fingerprint density at radius 3 is 2.64 bits per heavy atom. The van der Waals surface area contributed by atoms with Crippen LogP contribution in [0.1, 0.15) is 5.89 Å². The lowest BCUT2D eigenvalue weighted by Gasteiger charge is -1.98. The largest absolute Gasteiger partial charge is 0.497 e. The maximum Gasteiger partial charge on any atom is 0.237 e.